The van der Waals surface area contributed by atoms with Crippen LogP contribution in [0.1, 0.15) is 30.6 Å². The summed E-state index contributed by atoms with van der Waals surface area (Å²) < 4.78 is 44.3. The number of nitrogens with two attached hydrogens (primary N) is 3. The maximum absolute atomic E-state index is 13.2. The number of carbonyl (C=O) groups is 3. The van der Waals surface area contributed by atoms with Gasteiger partial charge in [0.05, 0.1) is 24.6 Å². The van der Waals surface area contributed by atoms with Crippen molar-refractivity contribution in [2.45, 2.75) is 37.7 Å². The standard InChI is InChI=1S/C26H35F3N6O5/c1-2-40-19-9-7-18(8-10-19)33-25(39)22(23(37)16-3-5-17(6-4-16)26(27,28)29)34-24(38)20(32)15-21(36)35(13-11-30)14-12-31/h3-10,20,22-23,37H,2,11-15,30-32H2,1H3,(H,33,39)(H,34,38)/t20-,22-,23+/m0/s1. The van der Waals surface area contributed by atoms with Crippen LogP contribution >= 0.6 is 0 Å². The number of halogens is 3. The van der Waals surface area contributed by atoms with Crippen molar-refractivity contribution in [3.05, 3.63) is 59.7 Å². The highest BCUT2D eigenvalue weighted by molar-refractivity contribution is 5.99. The van der Waals surface area contributed by atoms with Gasteiger partial charge in [0, 0.05) is 31.9 Å². The van der Waals surface area contributed by atoms with Crippen LogP contribution in [0.3, 0.4) is 0 Å². The monoisotopic (exact) mass is 568 g/mol. The molecule has 0 spiro atoms. The summed E-state index contributed by atoms with van der Waals surface area (Å²) in [5.74, 6) is -1.76. The van der Waals surface area contributed by atoms with Crippen LogP contribution < -0.4 is 32.6 Å². The fourth-order valence-electron chi connectivity index (χ4n) is 3.71. The molecule has 2 aromatic rings. The number of alkyl halides is 3. The molecule has 2 aromatic carbocycles. The molecular formula is C26H35F3N6O5. The van der Waals surface area contributed by atoms with Crippen LogP contribution in [0, 0.1) is 0 Å². The van der Waals surface area contributed by atoms with Crippen molar-refractivity contribution >= 4 is 23.4 Å². The Morgan fingerprint density at radius 3 is 2.05 bits per heavy atom. The van der Waals surface area contributed by atoms with Gasteiger partial charge in [0.1, 0.15) is 17.9 Å². The van der Waals surface area contributed by atoms with E-state index in [-0.39, 0.29) is 31.7 Å². The Bertz CT molecular complexity index is 1110. The van der Waals surface area contributed by atoms with Gasteiger partial charge < -0.3 is 42.6 Å². The quantitative estimate of drug-likeness (QED) is 0.192. The Kier molecular flexibility index (Phi) is 12.3. The van der Waals surface area contributed by atoms with Gasteiger partial charge in [0.2, 0.25) is 17.7 Å². The summed E-state index contributed by atoms with van der Waals surface area (Å²) in [5, 5.41) is 15.8. The van der Waals surface area contributed by atoms with Crippen LogP contribution in [0.2, 0.25) is 0 Å². The van der Waals surface area contributed by atoms with Crippen molar-refractivity contribution in [1.29, 1.82) is 0 Å². The Labute approximate surface area is 229 Å². The topological polar surface area (TPSA) is 186 Å². The molecule has 0 aliphatic rings. The van der Waals surface area contributed by atoms with Crippen molar-refractivity contribution in [2.24, 2.45) is 17.2 Å². The SMILES string of the molecule is CCOc1ccc(NC(=O)[C@@H](NC(=O)[C@@H](N)CC(=O)N(CCN)CCN)[C@H](O)c2ccc(C(F)(F)F)cc2)cc1. The molecule has 9 N–H and O–H groups in total. The first-order valence-corrected chi connectivity index (χ1v) is 12.5. The third-order valence-electron chi connectivity index (χ3n) is 5.79. The fourth-order valence-corrected chi connectivity index (χ4v) is 3.71. The van der Waals surface area contributed by atoms with Crippen LogP contribution in [0.5, 0.6) is 5.75 Å². The Balaban J connectivity index is 2.26. The lowest BCUT2D eigenvalue weighted by Crippen LogP contribution is -2.53. The number of aliphatic hydroxyl groups excluding tert-OH is 1. The predicted molar refractivity (Wildman–Crippen MR) is 142 cm³/mol. The second-order valence-electron chi connectivity index (χ2n) is 8.77. The number of rotatable bonds is 14. The molecule has 0 saturated heterocycles. The molecule has 40 heavy (non-hydrogen) atoms. The summed E-state index contributed by atoms with van der Waals surface area (Å²) in [4.78, 5) is 40.0. The average molecular weight is 569 g/mol. The lowest BCUT2D eigenvalue weighted by Gasteiger charge is -2.26. The number of carbonyl (C=O) groups excluding carboxylic acids is 3. The van der Waals surface area contributed by atoms with Gasteiger partial charge in [-0.25, -0.2) is 0 Å². The number of aliphatic hydroxyl groups is 1. The fraction of sp³-hybridized carbons (Fsp3) is 0.423. The number of nitrogens with one attached hydrogen (secondary N) is 2. The second-order valence-corrected chi connectivity index (χ2v) is 8.77. The number of hydrogen-bond acceptors (Lipinski definition) is 8. The van der Waals surface area contributed by atoms with E-state index >= 15 is 0 Å². The van der Waals surface area contributed by atoms with Crippen LogP contribution in [0.25, 0.3) is 0 Å². The summed E-state index contributed by atoms with van der Waals surface area (Å²) in [7, 11) is 0. The van der Waals surface area contributed by atoms with Crippen molar-refractivity contribution in [2.75, 3.05) is 38.1 Å². The van der Waals surface area contributed by atoms with E-state index < -0.39 is 54.1 Å². The highest BCUT2D eigenvalue weighted by Crippen LogP contribution is 2.30. The molecule has 0 unspecified atom stereocenters. The van der Waals surface area contributed by atoms with Gasteiger partial charge in [-0.15, -0.1) is 0 Å². The Hall–Kier alpha value is -3.72. The van der Waals surface area contributed by atoms with Gasteiger partial charge in [0.15, 0.2) is 0 Å². The molecule has 11 nitrogen and oxygen atoms in total. The molecule has 0 aliphatic heterocycles. The number of anilines is 1. The number of amides is 3. The van der Waals surface area contributed by atoms with E-state index in [9.17, 15) is 32.7 Å². The van der Waals surface area contributed by atoms with Gasteiger partial charge in [-0.1, -0.05) is 12.1 Å². The third-order valence-corrected chi connectivity index (χ3v) is 5.79. The van der Waals surface area contributed by atoms with Gasteiger partial charge >= 0.3 is 6.18 Å². The lowest BCUT2D eigenvalue weighted by molar-refractivity contribution is -0.137. The summed E-state index contributed by atoms with van der Waals surface area (Å²) in [6.45, 7) is 2.96. The van der Waals surface area contributed by atoms with Crippen molar-refractivity contribution in [1.82, 2.24) is 10.2 Å². The van der Waals surface area contributed by atoms with E-state index in [2.05, 4.69) is 10.6 Å². The normalized spacial score (nSPS) is 13.6. The molecule has 0 saturated carbocycles. The molecule has 0 aromatic heterocycles. The maximum Gasteiger partial charge on any atom is 0.416 e. The number of nitrogens with zero attached hydrogens (tertiary/aromatic N) is 1. The highest BCUT2D eigenvalue weighted by atomic mass is 19.4. The number of hydrogen-bond donors (Lipinski definition) is 6. The number of benzene rings is 2. The Morgan fingerprint density at radius 2 is 1.55 bits per heavy atom. The summed E-state index contributed by atoms with van der Waals surface area (Å²) in [6, 6.07) is 6.64. The largest absolute Gasteiger partial charge is 0.494 e. The van der Waals surface area contributed by atoms with Crippen LogP contribution in [0.15, 0.2) is 48.5 Å². The molecule has 2 rings (SSSR count). The van der Waals surface area contributed by atoms with E-state index in [0.717, 1.165) is 24.3 Å². The summed E-state index contributed by atoms with van der Waals surface area (Å²) in [5.41, 5.74) is 16.2. The third kappa shape index (κ3) is 9.48. The first-order chi connectivity index (χ1) is 18.9. The molecule has 0 heterocycles. The zero-order valence-electron chi connectivity index (χ0n) is 22.0. The van der Waals surface area contributed by atoms with Gasteiger partial charge in [-0.05, 0) is 48.9 Å². The molecule has 3 amide bonds. The molecule has 0 aliphatic carbocycles. The van der Waals surface area contributed by atoms with Crippen molar-refractivity contribution in [3.8, 4) is 5.75 Å². The van der Waals surface area contributed by atoms with E-state index in [1.807, 2.05) is 0 Å². The first-order valence-electron chi connectivity index (χ1n) is 12.5. The predicted octanol–water partition coefficient (Wildman–Crippen LogP) is 0.724. The molecule has 220 valence electrons. The zero-order valence-corrected chi connectivity index (χ0v) is 22.0. The molecule has 0 fully saturated rings. The van der Waals surface area contributed by atoms with Crippen molar-refractivity contribution < 1.29 is 37.4 Å². The maximum atomic E-state index is 13.2. The zero-order chi connectivity index (χ0) is 29.9. The number of ether oxygens (including phenoxy) is 1. The highest BCUT2D eigenvalue weighted by Gasteiger charge is 2.34. The smallest absolute Gasteiger partial charge is 0.416 e. The molecule has 3 atom stereocenters. The summed E-state index contributed by atoms with van der Waals surface area (Å²) in [6.07, 6.45) is -6.80. The van der Waals surface area contributed by atoms with Crippen molar-refractivity contribution in [3.63, 3.8) is 0 Å². The lowest BCUT2D eigenvalue weighted by atomic mass is 9.99. The average Bonchev–Trinajstić information content (AvgIpc) is 2.91. The van der Waals surface area contributed by atoms with E-state index in [1.54, 1.807) is 19.1 Å². The second kappa shape index (κ2) is 15.2. The van der Waals surface area contributed by atoms with Crippen LogP contribution in [-0.2, 0) is 20.6 Å². The van der Waals surface area contributed by atoms with Crippen LogP contribution in [0.4, 0.5) is 18.9 Å². The first kappa shape index (κ1) is 32.5. The van der Waals surface area contributed by atoms with E-state index in [0.29, 0.717) is 18.0 Å². The van der Waals surface area contributed by atoms with Crippen LogP contribution in [-0.4, -0.2) is 72.6 Å². The minimum Gasteiger partial charge on any atom is -0.494 e. The minimum atomic E-state index is -4.61. The summed E-state index contributed by atoms with van der Waals surface area (Å²) >= 11 is 0. The molecule has 14 heteroatoms. The van der Waals surface area contributed by atoms with Gasteiger partial charge in [-0.3, -0.25) is 14.4 Å². The Morgan fingerprint density at radius 1 is 0.975 bits per heavy atom. The van der Waals surface area contributed by atoms with E-state index in [1.165, 1.54) is 17.0 Å². The van der Waals surface area contributed by atoms with Gasteiger partial charge in [0.25, 0.3) is 0 Å². The minimum absolute atomic E-state index is 0.0677. The molecule has 0 bridgehead atoms. The van der Waals surface area contributed by atoms with Gasteiger partial charge in [-0.2, -0.15) is 13.2 Å². The van der Waals surface area contributed by atoms with E-state index in [4.69, 9.17) is 21.9 Å². The molecular weight excluding hydrogens is 533 g/mol. The molecule has 0 radical (unpaired) electrons.